The van der Waals surface area contributed by atoms with E-state index in [1.165, 1.54) is 18.2 Å². The first-order valence-electron chi connectivity index (χ1n) is 8.03. The number of halogens is 2. The van der Waals surface area contributed by atoms with E-state index in [9.17, 15) is 8.78 Å². The highest BCUT2D eigenvalue weighted by molar-refractivity contribution is 5.21. The first-order chi connectivity index (χ1) is 10.5. The van der Waals surface area contributed by atoms with E-state index < -0.39 is 0 Å². The van der Waals surface area contributed by atoms with Gasteiger partial charge in [-0.25, -0.2) is 8.78 Å². The molecule has 1 aliphatic heterocycles. The zero-order chi connectivity index (χ0) is 16.1. The van der Waals surface area contributed by atoms with E-state index in [4.69, 9.17) is 0 Å². The summed E-state index contributed by atoms with van der Waals surface area (Å²) in [5.74, 6) is -0.714. The van der Waals surface area contributed by atoms with Crippen molar-refractivity contribution in [2.24, 2.45) is 0 Å². The lowest BCUT2D eigenvalue weighted by atomic mass is 10.1. The Balaban J connectivity index is 1.79. The van der Waals surface area contributed by atoms with Gasteiger partial charge in [0.1, 0.15) is 11.6 Å². The molecule has 0 aromatic heterocycles. The third-order valence-electron chi connectivity index (χ3n) is 4.65. The van der Waals surface area contributed by atoms with E-state index in [1.807, 2.05) is 14.0 Å². The van der Waals surface area contributed by atoms with Gasteiger partial charge >= 0.3 is 0 Å². The maximum absolute atomic E-state index is 13.8. The molecule has 0 saturated carbocycles. The highest BCUT2D eigenvalue weighted by Gasteiger charge is 2.17. The van der Waals surface area contributed by atoms with Gasteiger partial charge in [-0.1, -0.05) is 0 Å². The van der Waals surface area contributed by atoms with Crippen LogP contribution in [0.4, 0.5) is 8.78 Å². The summed E-state index contributed by atoms with van der Waals surface area (Å²) in [5, 5.41) is 0. The molecular weight excluding hydrogens is 284 g/mol. The Morgan fingerprint density at radius 2 is 1.86 bits per heavy atom. The zero-order valence-corrected chi connectivity index (χ0v) is 13.9. The minimum Gasteiger partial charge on any atom is -0.304 e. The topological polar surface area (TPSA) is 9.72 Å². The van der Waals surface area contributed by atoms with Gasteiger partial charge in [-0.05, 0) is 58.7 Å². The second-order valence-corrected chi connectivity index (χ2v) is 6.32. The Morgan fingerprint density at radius 3 is 2.55 bits per heavy atom. The molecule has 3 nitrogen and oxygen atoms in total. The highest BCUT2D eigenvalue weighted by Crippen LogP contribution is 2.22. The summed E-state index contributed by atoms with van der Waals surface area (Å²) in [6, 6.07) is 3.55. The van der Waals surface area contributed by atoms with Crippen molar-refractivity contribution >= 4 is 0 Å². The van der Waals surface area contributed by atoms with Crippen LogP contribution in [0.2, 0.25) is 0 Å². The van der Waals surface area contributed by atoms with Gasteiger partial charge in [-0.2, -0.15) is 0 Å². The van der Waals surface area contributed by atoms with E-state index in [0.29, 0.717) is 5.56 Å². The molecule has 1 heterocycles. The Morgan fingerprint density at radius 1 is 1.18 bits per heavy atom. The highest BCUT2D eigenvalue weighted by atomic mass is 19.1. The van der Waals surface area contributed by atoms with Gasteiger partial charge in [-0.3, -0.25) is 4.90 Å². The standard InChI is InChI=1S/C17H27F2N3/c1-14(16-13-15(18)5-6-17(16)19)21(3)7-4-8-22-11-9-20(2)10-12-22/h5-6,13-14H,4,7-12H2,1-3H3. The molecule has 0 aliphatic carbocycles. The summed E-state index contributed by atoms with van der Waals surface area (Å²) in [7, 11) is 4.12. The molecule has 1 aromatic carbocycles. The number of rotatable bonds is 6. The Labute approximate surface area is 132 Å². The molecule has 1 unspecified atom stereocenters. The smallest absolute Gasteiger partial charge is 0.128 e. The summed E-state index contributed by atoms with van der Waals surface area (Å²) in [6.07, 6.45) is 1.04. The predicted octanol–water partition coefficient (Wildman–Crippen LogP) is 2.60. The fourth-order valence-corrected chi connectivity index (χ4v) is 2.88. The number of piperazine rings is 1. The molecule has 5 heteroatoms. The average Bonchev–Trinajstić information content (AvgIpc) is 2.51. The molecule has 22 heavy (non-hydrogen) atoms. The van der Waals surface area contributed by atoms with Gasteiger partial charge in [0.2, 0.25) is 0 Å². The van der Waals surface area contributed by atoms with Crippen molar-refractivity contribution in [2.45, 2.75) is 19.4 Å². The third-order valence-corrected chi connectivity index (χ3v) is 4.65. The van der Waals surface area contributed by atoms with Crippen LogP contribution in [0.1, 0.15) is 24.9 Å². The van der Waals surface area contributed by atoms with Crippen LogP contribution in [0, 0.1) is 11.6 Å². The quantitative estimate of drug-likeness (QED) is 0.799. The van der Waals surface area contributed by atoms with Crippen LogP contribution < -0.4 is 0 Å². The van der Waals surface area contributed by atoms with Gasteiger partial charge in [0.05, 0.1) is 0 Å². The fraction of sp³-hybridized carbons (Fsp3) is 0.647. The maximum Gasteiger partial charge on any atom is 0.128 e. The van der Waals surface area contributed by atoms with Gasteiger partial charge in [-0.15, -0.1) is 0 Å². The minimum atomic E-state index is -0.380. The molecule has 1 fully saturated rings. The van der Waals surface area contributed by atoms with E-state index in [2.05, 4.69) is 21.7 Å². The van der Waals surface area contributed by atoms with Crippen LogP contribution >= 0.6 is 0 Å². The van der Waals surface area contributed by atoms with Crippen molar-refractivity contribution in [3.8, 4) is 0 Å². The van der Waals surface area contributed by atoms with Crippen LogP contribution in [-0.4, -0.2) is 68.1 Å². The predicted molar refractivity (Wildman–Crippen MR) is 86.0 cm³/mol. The van der Waals surface area contributed by atoms with E-state index >= 15 is 0 Å². The number of nitrogens with zero attached hydrogens (tertiary/aromatic N) is 3. The normalized spacial score (nSPS) is 18.8. The lowest BCUT2D eigenvalue weighted by Gasteiger charge is -2.33. The van der Waals surface area contributed by atoms with Gasteiger partial charge < -0.3 is 9.80 Å². The summed E-state index contributed by atoms with van der Waals surface area (Å²) in [6.45, 7) is 8.36. The largest absolute Gasteiger partial charge is 0.304 e. The number of hydrogen-bond acceptors (Lipinski definition) is 3. The minimum absolute atomic E-state index is 0.122. The Kier molecular flexibility index (Phi) is 6.29. The lowest BCUT2D eigenvalue weighted by molar-refractivity contribution is 0.144. The van der Waals surface area contributed by atoms with Gasteiger partial charge in [0.25, 0.3) is 0 Å². The maximum atomic E-state index is 13.8. The van der Waals surface area contributed by atoms with Crippen LogP contribution in [0.5, 0.6) is 0 Å². The van der Waals surface area contributed by atoms with E-state index in [1.54, 1.807) is 0 Å². The zero-order valence-electron chi connectivity index (χ0n) is 13.9. The molecule has 1 atom stereocenters. The fourth-order valence-electron chi connectivity index (χ4n) is 2.88. The van der Waals surface area contributed by atoms with Crippen LogP contribution in [0.25, 0.3) is 0 Å². The first-order valence-corrected chi connectivity index (χ1v) is 8.03. The van der Waals surface area contributed by atoms with Crippen molar-refractivity contribution in [1.29, 1.82) is 0 Å². The Hall–Kier alpha value is -1.04. The van der Waals surface area contributed by atoms with E-state index in [0.717, 1.165) is 45.7 Å². The number of hydrogen-bond donors (Lipinski definition) is 0. The second kappa shape index (κ2) is 7.99. The molecule has 0 spiro atoms. The molecule has 0 bridgehead atoms. The van der Waals surface area contributed by atoms with Crippen LogP contribution in [-0.2, 0) is 0 Å². The number of likely N-dealkylation sites (N-methyl/N-ethyl adjacent to an activating group) is 1. The number of benzene rings is 1. The average molecular weight is 311 g/mol. The monoisotopic (exact) mass is 311 g/mol. The first kappa shape index (κ1) is 17.3. The molecule has 0 N–H and O–H groups in total. The van der Waals surface area contributed by atoms with Gasteiger partial charge in [0, 0.05) is 37.8 Å². The molecule has 0 amide bonds. The van der Waals surface area contributed by atoms with Crippen LogP contribution in [0.3, 0.4) is 0 Å². The summed E-state index contributed by atoms with van der Waals surface area (Å²) >= 11 is 0. The summed E-state index contributed by atoms with van der Waals surface area (Å²) < 4.78 is 27.1. The van der Waals surface area contributed by atoms with Crippen molar-refractivity contribution in [3.63, 3.8) is 0 Å². The summed E-state index contributed by atoms with van der Waals surface area (Å²) in [4.78, 5) is 6.91. The molecule has 1 aliphatic rings. The molecule has 2 rings (SSSR count). The molecular formula is C17H27F2N3. The van der Waals surface area contributed by atoms with Crippen molar-refractivity contribution < 1.29 is 8.78 Å². The molecule has 1 saturated heterocycles. The lowest BCUT2D eigenvalue weighted by Crippen LogP contribution is -2.45. The van der Waals surface area contributed by atoms with Gasteiger partial charge in [0.15, 0.2) is 0 Å². The summed E-state index contributed by atoms with van der Waals surface area (Å²) in [5.41, 5.74) is 0.432. The van der Waals surface area contributed by atoms with E-state index in [-0.39, 0.29) is 17.7 Å². The molecule has 1 aromatic rings. The second-order valence-electron chi connectivity index (χ2n) is 6.32. The van der Waals surface area contributed by atoms with Crippen molar-refractivity contribution in [1.82, 2.24) is 14.7 Å². The van der Waals surface area contributed by atoms with Crippen molar-refractivity contribution in [2.75, 3.05) is 53.4 Å². The SMILES string of the molecule is CC(c1cc(F)ccc1F)N(C)CCCN1CCN(C)CC1. The Bertz CT molecular complexity index is 473. The molecule has 0 radical (unpaired) electrons. The molecule has 124 valence electrons. The van der Waals surface area contributed by atoms with Crippen LogP contribution in [0.15, 0.2) is 18.2 Å². The third kappa shape index (κ3) is 4.73. The van der Waals surface area contributed by atoms with Crippen molar-refractivity contribution in [3.05, 3.63) is 35.4 Å².